The quantitative estimate of drug-likeness (QED) is 0.451. The van der Waals surface area contributed by atoms with E-state index in [-0.39, 0.29) is 36.4 Å². The van der Waals surface area contributed by atoms with Crippen LogP contribution in [0, 0.1) is 5.41 Å². The first-order valence-corrected chi connectivity index (χ1v) is 14.8. The summed E-state index contributed by atoms with van der Waals surface area (Å²) in [5.74, 6) is 0.0389. The predicted octanol–water partition coefficient (Wildman–Crippen LogP) is 4.06. The summed E-state index contributed by atoms with van der Waals surface area (Å²) in [6, 6.07) is 12.1. The lowest BCUT2D eigenvalue weighted by Crippen LogP contribution is -2.62. The van der Waals surface area contributed by atoms with Crippen LogP contribution in [-0.4, -0.2) is 53.9 Å². The summed E-state index contributed by atoms with van der Waals surface area (Å²) < 4.78 is 5.93. The van der Waals surface area contributed by atoms with E-state index in [1.807, 2.05) is 65.0 Å². The Hall–Kier alpha value is -3.39. The van der Waals surface area contributed by atoms with Gasteiger partial charge in [-0.25, -0.2) is 0 Å². The second kappa shape index (κ2) is 12.6. The van der Waals surface area contributed by atoms with Crippen LogP contribution >= 0.6 is 0 Å². The number of nitrogens with zero attached hydrogens (tertiary/aromatic N) is 1. The molecule has 4 rings (SSSR count). The smallest absolute Gasteiger partial charge is 0.246 e. The van der Waals surface area contributed by atoms with E-state index in [0.29, 0.717) is 6.42 Å². The fourth-order valence-electron chi connectivity index (χ4n) is 5.76. The SMILES string of the molecule is CN[C@@H](C)C(=O)N[C@H](C(=O)N1Cc2cc(OC(C)C)ccc2C[C@H]1C(=O)N[C@H]1CCCc2ccccc21)C(C)(C)C. The molecule has 1 aliphatic carbocycles. The number of ether oxygens (including phenoxy) is 1. The number of aryl methyl sites for hydroxylation is 1. The molecule has 0 aromatic heterocycles. The number of nitrogens with one attached hydrogen (secondary N) is 3. The van der Waals surface area contributed by atoms with Crippen LogP contribution in [0.25, 0.3) is 0 Å². The molecule has 1 heterocycles. The summed E-state index contributed by atoms with van der Waals surface area (Å²) in [7, 11) is 1.71. The van der Waals surface area contributed by atoms with Crippen molar-refractivity contribution in [2.24, 2.45) is 5.41 Å². The molecule has 8 heteroatoms. The van der Waals surface area contributed by atoms with Gasteiger partial charge in [0.25, 0.3) is 0 Å². The van der Waals surface area contributed by atoms with Gasteiger partial charge in [0.1, 0.15) is 17.8 Å². The molecule has 0 radical (unpaired) electrons. The molecule has 3 N–H and O–H groups in total. The maximum Gasteiger partial charge on any atom is 0.246 e. The Morgan fingerprint density at radius 2 is 1.73 bits per heavy atom. The molecule has 0 saturated heterocycles. The molecule has 8 nitrogen and oxygen atoms in total. The Kier molecular flexibility index (Phi) is 9.42. The molecule has 0 bridgehead atoms. The summed E-state index contributed by atoms with van der Waals surface area (Å²) in [5.41, 5.74) is 3.81. The van der Waals surface area contributed by atoms with Crippen molar-refractivity contribution in [3.8, 4) is 5.75 Å². The number of hydrogen-bond donors (Lipinski definition) is 3. The molecule has 2 aliphatic rings. The Morgan fingerprint density at radius 3 is 2.41 bits per heavy atom. The highest BCUT2D eigenvalue weighted by Crippen LogP contribution is 2.33. The Balaban J connectivity index is 1.67. The fraction of sp³-hybridized carbons (Fsp3) is 0.545. The van der Waals surface area contributed by atoms with Crippen LogP contribution < -0.4 is 20.7 Å². The van der Waals surface area contributed by atoms with Crippen molar-refractivity contribution in [3.05, 3.63) is 64.7 Å². The van der Waals surface area contributed by atoms with E-state index >= 15 is 0 Å². The van der Waals surface area contributed by atoms with Crippen molar-refractivity contribution in [3.63, 3.8) is 0 Å². The number of carbonyl (C=O) groups is 3. The van der Waals surface area contributed by atoms with Gasteiger partial charge in [0.15, 0.2) is 0 Å². The number of rotatable bonds is 8. The van der Waals surface area contributed by atoms with Crippen molar-refractivity contribution in [1.82, 2.24) is 20.9 Å². The molecule has 3 amide bonds. The Morgan fingerprint density at radius 1 is 1.00 bits per heavy atom. The van der Waals surface area contributed by atoms with Crippen molar-refractivity contribution in [2.45, 2.75) is 104 Å². The lowest BCUT2D eigenvalue weighted by molar-refractivity contribution is -0.147. The first-order chi connectivity index (χ1) is 19.4. The zero-order chi connectivity index (χ0) is 29.9. The third-order valence-electron chi connectivity index (χ3n) is 8.18. The van der Waals surface area contributed by atoms with Crippen LogP contribution in [0.2, 0.25) is 0 Å². The number of likely N-dealkylation sites (N-methyl/N-ethyl adjacent to an activating group) is 1. The third-order valence-corrected chi connectivity index (χ3v) is 8.18. The molecule has 222 valence electrons. The van der Waals surface area contributed by atoms with Crippen LogP contribution in [0.1, 0.15) is 82.7 Å². The molecule has 0 fully saturated rings. The van der Waals surface area contributed by atoms with Crippen molar-refractivity contribution >= 4 is 17.7 Å². The van der Waals surface area contributed by atoms with Crippen LogP contribution in [0.15, 0.2) is 42.5 Å². The molecule has 2 aromatic carbocycles. The summed E-state index contributed by atoms with van der Waals surface area (Å²) in [5, 5.41) is 9.20. The second-order valence-electron chi connectivity index (χ2n) is 12.8. The van der Waals surface area contributed by atoms with Gasteiger partial charge in [-0.05, 0) is 86.9 Å². The molecule has 0 saturated carbocycles. The van der Waals surface area contributed by atoms with Gasteiger partial charge in [0.05, 0.1) is 18.2 Å². The highest BCUT2D eigenvalue weighted by Gasteiger charge is 2.43. The zero-order valence-electron chi connectivity index (χ0n) is 25.5. The molecule has 2 aromatic rings. The first kappa shape index (κ1) is 30.6. The van der Waals surface area contributed by atoms with E-state index < -0.39 is 23.5 Å². The minimum Gasteiger partial charge on any atom is -0.491 e. The average Bonchev–Trinajstić information content (AvgIpc) is 2.93. The van der Waals surface area contributed by atoms with E-state index in [9.17, 15) is 14.4 Å². The van der Waals surface area contributed by atoms with Gasteiger partial charge in [0, 0.05) is 13.0 Å². The number of carbonyl (C=O) groups excluding carboxylic acids is 3. The van der Waals surface area contributed by atoms with Crippen LogP contribution in [-0.2, 0) is 33.8 Å². The molecule has 1 aliphatic heterocycles. The molecule has 0 spiro atoms. The van der Waals surface area contributed by atoms with Gasteiger partial charge < -0.3 is 25.6 Å². The van der Waals surface area contributed by atoms with E-state index in [2.05, 4.69) is 28.1 Å². The van der Waals surface area contributed by atoms with Gasteiger partial charge in [-0.1, -0.05) is 51.1 Å². The third kappa shape index (κ3) is 7.10. The number of benzene rings is 2. The largest absolute Gasteiger partial charge is 0.491 e. The molecular weight excluding hydrogens is 516 g/mol. The predicted molar refractivity (Wildman–Crippen MR) is 160 cm³/mol. The number of hydrogen-bond acceptors (Lipinski definition) is 5. The van der Waals surface area contributed by atoms with Crippen LogP contribution in [0.4, 0.5) is 0 Å². The van der Waals surface area contributed by atoms with E-state index in [1.165, 1.54) is 5.56 Å². The normalized spacial score (nSPS) is 20.0. The summed E-state index contributed by atoms with van der Waals surface area (Å²) in [6.07, 6.45) is 3.27. The van der Waals surface area contributed by atoms with E-state index in [4.69, 9.17) is 4.74 Å². The molecule has 0 unspecified atom stereocenters. The van der Waals surface area contributed by atoms with Gasteiger partial charge >= 0.3 is 0 Å². The fourth-order valence-corrected chi connectivity index (χ4v) is 5.76. The van der Waals surface area contributed by atoms with Gasteiger partial charge in [0.2, 0.25) is 17.7 Å². The van der Waals surface area contributed by atoms with Crippen molar-refractivity contribution < 1.29 is 19.1 Å². The number of amides is 3. The van der Waals surface area contributed by atoms with Gasteiger partial charge in [-0.15, -0.1) is 0 Å². The van der Waals surface area contributed by atoms with Crippen LogP contribution in [0.3, 0.4) is 0 Å². The minimum atomic E-state index is -0.812. The topological polar surface area (TPSA) is 99.8 Å². The first-order valence-electron chi connectivity index (χ1n) is 14.8. The molecule has 4 atom stereocenters. The highest BCUT2D eigenvalue weighted by atomic mass is 16.5. The Labute approximate surface area is 244 Å². The van der Waals surface area contributed by atoms with Crippen molar-refractivity contribution in [1.29, 1.82) is 0 Å². The second-order valence-corrected chi connectivity index (χ2v) is 12.8. The maximum atomic E-state index is 14.3. The Bertz CT molecular complexity index is 1270. The van der Waals surface area contributed by atoms with Gasteiger partial charge in [-0.3, -0.25) is 14.4 Å². The van der Waals surface area contributed by atoms with Crippen molar-refractivity contribution in [2.75, 3.05) is 7.05 Å². The highest BCUT2D eigenvalue weighted by molar-refractivity contribution is 5.94. The average molecular weight is 563 g/mol. The maximum absolute atomic E-state index is 14.3. The molecule has 41 heavy (non-hydrogen) atoms. The monoisotopic (exact) mass is 562 g/mol. The summed E-state index contributed by atoms with van der Waals surface area (Å²) >= 11 is 0. The lowest BCUT2D eigenvalue weighted by atomic mass is 9.83. The van der Waals surface area contributed by atoms with Crippen LogP contribution in [0.5, 0.6) is 5.75 Å². The zero-order valence-corrected chi connectivity index (χ0v) is 25.5. The summed E-state index contributed by atoms with van der Waals surface area (Å²) in [4.78, 5) is 43.0. The number of fused-ring (bicyclic) bond motifs is 2. The van der Waals surface area contributed by atoms with E-state index in [0.717, 1.165) is 41.7 Å². The standard InChI is InChI=1S/C33H46N4O4/c1-20(2)41-25-16-15-23-18-28(31(39)35-27-14-10-12-22-11-8-9-13-26(22)27)37(19-24(23)17-25)32(40)29(33(4,5)6)36-30(38)21(3)34-7/h8-9,11,13,15-17,20-21,27-29,34H,10,12,14,18-19H2,1-7H3,(H,35,39)(H,36,38)/t21-,27-,28-,29+/m0/s1. The molecular formula is C33H46N4O4. The van der Waals surface area contributed by atoms with E-state index in [1.54, 1.807) is 18.9 Å². The minimum absolute atomic E-state index is 0.0147. The van der Waals surface area contributed by atoms with Gasteiger partial charge in [-0.2, -0.15) is 0 Å². The lowest BCUT2D eigenvalue weighted by Gasteiger charge is -2.42. The summed E-state index contributed by atoms with van der Waals surface area (Å²) in [6.45, 7) is 11.8.